The summed E-state index contributed by atoms with van der Waals surface area (Å²) in [6.07, 6.45) is 2.19. The van der Waals surface area contributed by atoms with E-state index in [4.69, 9.17) is 0 Å². The highest BCUT2D eigenvalue weighted by Crippen LogP contribution is 2.41. The topological polar surface area (TPSA) is 49.3 Å². The summed E-state index contributed by atoms with van der Waals surface area (Å²) in [6, 6.07) is 5.77. The molecule has 1 saturated carbocycles. The molecule has 1 aliphatic carbocycles. The van der Waals surface area contributed by atoms with Crippen molar-refractivity contribution in [2.24, 2.45) is 11.8 Å². The molecule has 0 aliphatic heterocycles. The van der Waals surface area contributed by atoms with Gasteiger partial charge in [0.05, 0.1) is 0 Å². The molecule has 19 heavy (non-hydrogen) atoms. The minimum Gasteiger partial charge on any atom is -0.480 e. The van der Waals surface area contributed by atoms with Gasteiger partial charge in [0.15, 0.2) is 0 Å². The average molecular weight is 265 g/mol. The molecular weight excluding hydrogens is 245 g/mol. The van der Waals surface area contributed by atoms with Crippen molar-refractivity contribution in [3.05, 3.63) is 35.6 Å². The lowest BCUT2D eigenvalue weighted by atomic mass is 9.97. The summed E-state index contributed by atoms with van der Waals surface area (Å²) in [5.74, 6) is -0.620. The zero-order valence-electron chi connectivity index (χ0n) is 11.3. The molecule has 2 unspecified atom stereocenters. The van der Waals surface area contributed by atoms with Gasteiger partial charge in [-0.15, -0.1) is 0 Å². The number of aliphatic carboxylic acids is 1. The monoisotopic (exact) mass is 265 g/mol. The van der Waals surface area contributed by atoms with E-state index >= 15 is 0 Å². The summed E-state index contributed by atoms with van der Waals surface area (Å²) in [5, 5.41) is 12.5. The Hall–Kier alpha value is -1.42. The van der Waals surface area contributed by atoms with Crippen LogP contribution in [0.15, 0.2) is 24.3 Å². The Morgan fingerprint density at radius 3 is 2.32 bits per heavy atom. The largest absolute Gasteiger partial charge is 0.480 e. The Labute approximate surface area is 112 Å². The fourth-order valence-electron chi connectivity index (χ4n) is 2.35. The molecule has 0 saturated heterocycles. The molecule has 1 aliphatic rings. The number of rotatable bonds is 6. The molecule has 0 spiro atoms. The average Bonchev–Trinajstić information content (AvgIpc) is 3.15. The van der Waals surface area contributed by atoms with Gasteiger partial charge in [0.1, 0.15) is 11.9 Å². The van der Waals surface area contributed by atoms with Crippen molar-refractivity contribution < 1.29 is 14.3 Å². The normalized spacial score (nSPS) is 18.3. The maximum atomic E-state index is 13.0. The van der Waals surface area contributed by atoms with Crippen LogP contribution < -0.4 is 5.32 Å². The minimum atomic E-state index is -0.831. The summed E-state index contributed by atoms with van der Waals surface area (Å²) in [5.41, 5.74) is 0.968. The summed E-state index contributed by atoms with van der Waals surface area (Å²) in [7, 11) is 0. The highest BCUT2D eigenvalue weighted by Gasteiger charge is 2.35. The number of nitrogens with one attached hydrogen (secondary N) is 1. The van der Waals surface area contributed by atoms with E-state index in [9.17, 15) is 14.3 Å². The van der Waals surface area contributed by atoms with Gasteiger partial charge in [-0.05, 0) is 42.4 Å². The van der Waals surface area contributed by atoms with Crippen LogP contribution in [0.2, 0.25) is 0 Å². The fourth-order valence-corrected chi connectivity index (χ4v) is 2.35. The standard InChI is InChI=1S/C15H20FNO2/c1-9(2)13(15(18)19)17-14(10-3-4-10)11-5-7-12(16)8-6-11/h5-10,13-14,17H,3-4H2,1-2H3,(H,18,19). The number of halogens is 1. The molecule has 0 radical (unpaired) electrons. The van der Waals surface area contributed by atoms with Gasteiger partial charge in [-0.1, -0.05) is 26.0 Å². The van der Waals surface area contributed by atoms with E-state index in [1.165, 1.54) is 12.1 Å². The smallest absolute Gasteiger partial charge is 0.320 e. The van der Waals surface area contributed by atoms with Crippen LogP contribution in [0.5, 0.6) is 0 Å². The molecule has 2 N–H and O–H groups in total. The number of benzene rings is 1. The molecular formula is C15H20FNO2. The highest BCUT2D eigenvalue weighted by atomic mass is 19.1. The number of hydrogen-bond acceptors (Lipinski definition) is 2. The van der Waals surface area contributed by atoms with Crippen LogP contribution in [0, 0.1) is 17.7 Å². The Morgan fingerprint density at radius 1 is 1.32 bits per heavy atom. The Balaban J connectivity index is 2.16. The Bertz CT molecular complexity index is 440. The van der Waals surface area contributed by atoms with Gasteiger partial charge in [-0.25, -0.2) is 4.39 Å². The SMILES string of the molecule is CC(C)C(NC(c1ccc(F)cc1)C1CC1)C(=O)O. The predicted octanol–water partition coefficient (Wildman–Crippen LogP) is 2.98. The van der Waals surface area contributed by atoms with Gasteiger partial charge in [-0.2, -0.15) is 0 Å². The summed E-state index contributed by atoms with van der Waals surface area (Å²) in [6.45, 7) is 3.78. The van der Waals surface area contributed by atoms with Gasteiger partial charge >= 0.3 is 5.97 Å². The molecule has 104 valence electrons. The first-order chi connectivity index (χ1) is 8.99. The number of carbonyl (C=O) groups is 1. The van der Waals surface area contributed by atoms with E-state index in [-0.39, 0.29) is 17.8 Å². The minimum absolute atomic E-state index is 0.00380. The maximum Gasteiger partial charge on any atom is 0.320 e. The van der Waals surface area contributed by atoms with E-state index in [1.807, 2.05) is 13.8 Å². The first-order valence-corrected chi connectivity index (χ1v) is 6.73. The molecule has 3 nitrogen and oxygen atoms in total. The molecule has 2 atom stereocenters. The van der Waals surface area contributed by atoms with Gasteiger partial charge in [0, 0.05) is 6.04 Å². The quantitative estimate of drug-likeness (QED) is 0.831. The third kappa shape index (κ3) is 3.53. The molecule has 0 amide bonds. The van der Waals surface area contributed by atoms with Crippen molar-refractivity contribution in [1.29, 1.82) is 0 Å². The fraction of sp³-hybridized carbons (Fsp3) is 0.533. The van der Waals surface area contributed by atoms with E-state index in [0.29, 0.717) is 5.92 Å². The highest BCUT2D eigenvalue weighted by molar-refractivity contribution is 5.73. The molecule has 1 aromatic rings. The van der Waals surface area contributed by atoms with Crippen LogP contribution >= 0.6 is 0 Å². The predicted molar refractivity (Wildman–Crippen MR) is 71.3 cm³/mol. The maximum absolute atomic E-state index is 13.0. The van der Waals surface area contributed by atoms with E-state index in [0.717, 1.165) is 18.4 Å². The van der Waals surface area contributed by atoms with Crippen molar-refractivity contribution in [2.75, 3.05) is 0 Å². The number of carboxylic acid groups (broad SMARTS) is 1. The zero-order chi connectivity index (χ0) is 14.0. The van der Waals surface area contributed by atoms with Crippen LogP contribution in [0.1, 0.15) is 38.3 Å². The molecule has 0 heterocycles. The number of carboxylic acids is 1. The van der Waals surface area contributed by atoms with Crippen LogP contribution in [0.3, 0.4) is 0 Å². The van der Waals surface area contributed by atoms with E-state index in [1.54, 1.807) is 12.1 Å². The lowest BCUT2D eigenvalue weighted by Crippen LogP contribution is -2.43. The summed E-state index contributed by atoms with van der Waals surface area (Å²) < 4.78 is 13.0. The summed E-state index contributed by atoms with van der Waals surface area (Å²) in [4.78, 5) is 11.3. The molecule has 0 aromatic heterocycles. The van der Waals surface area contributed by atoms with Crippen molar-refractivity contribution in [3.8, 4) is 0 Å². The molecule has 4 heteroatoms. The van der Waals surface area contributed by atoms with Crippen LogP contribution in [0.4, 0.5) is 4.39 Å². The van der Waals surface area contributed by atoms with Crippen LogP contribution in [-0.2, 0) is 4.79 Å². The van der Waals surface area contributed by atoms with Gasteiger partial charge in [0.25, 0.3) is 0 Å². The van der Waals surface area contributed by atoms with E-state index in [2.05, 4.69) is 5.32 Å². The number of hydrogen-bond donors (Lipinski definition) is 2. The zero-order valence-corrected chi connectivity index (χ0v) is 11.3. The van der Waals surface area contributed by atoms with E-state index < -0.39 is 12.0 Å². The van der Waals surface area contributed by atoms with Crippen LogP contribution in [0.25, 0.3) is 0 Å². The third-order valence-electron chi connectivity index (χ3n) is 3.61. The molecule has 0 bridgehead atoms. The van der Waals surface area contributed by atoms with Crippen LogP contribution in [-0.4, -0.2) is 17.1 Å². The van der Waals surface area contributed by atoms with Crippen molar-refractivity contribution in [2.45, 2.75) is 38.8 Å². The first kappa shape index (κ1) is 14.0. The van der Waals surface area contributed by atoms with Gasteiger partial charge in [-0.3, -0.25) is 10.1 Å². The third-order valence-corrected chi connectivity index (χ3v) is 3.61. The van der Waals surface area contributed by atoms with Gasteiger partial charge in [0.2, 0.25) is 0 Å². The Kier molecular flexibility index (Phi) is 4.20. The van der Waals surface area contributed by atoms with Crippen molar-refractivity contribution in [1.82, 2.24) is 5.32 Å². The summed E-state index contributed by atoms with van der Waals surface area (Å²) >= 11 is 0. The second kappa shape index (κ2) is 5.70. The molecule has 1 fully saturated rings. The Morgan fingerprint density at radius 2 is 1.89 bits per heavy atom. The first-order valence-electron chi connectivity index (χ1n) is 6.73. The molecule has 1 aromatic carbocycles. The lowest BCUT2D eigenvalue weighted by molar-refractivity contribution is -0.141. The molecule has 2 rings (SSSR count). The second-order valence-electron chi connectivity index (χ2n) is 5.59. The van der Waals surface area contributed by atoms with Crippen molar-refractivity contribution in [3.63, 3.8) is 0 Å². The van der Waals surface area contributed by atoms with Gasteiger partial charge < -0.3 is 5.11 Å². The van der Waals surface area contributed by atoms with Crippen molar-refractivity contribution >= 4 is 5.97 Å². The second-order valence-corrected chi connectivity index (χ2v) is 5.59. The lowest BCUT2D eigenvalue weighted by Gasteiger charge is -2.26.